The second-order valence-corrected chi connectivity index (χ2v) is 4.63. The fraction of sp³-hybridized carbons (Fsp3) is 0.571. The van der Waals surface area contributed by atoms with Gasteiger partial charge in [0.05, 0.1) is 6.61 Å². The van der Waals surface area contributed by atoms with Gasteiger partial charge in [0.25, 0.3) is 0 Å². The molecule has 1 aromatic carbocycles. The molecule has 94 valence electrons. The molecule has 0 fully saturated rings. The van der Waals surface area contributed by atoms with Crippen LogP contribution < -0.4 is 4.74 Å². The van der Waals surface area contributed by atoms with Crippen LogP contribution in [0.15, 0.2) is 18.2 Å². The van der Waals surface area contributed by atoms with Crippen molar-refractivity contribution in [2.45, 2.75) is 20.3 Å². The predicted octanol–water partition coefficient (Wildman–Crippen LogP) is 2.29. The van der Waals surface area contributed by atoms with E-state index in [1.54, 1.807) is 6.07 Å². The van der Waals surface area contributed by atoms with Crippen molar-refractivity contribution in [1.82, 2.24) is 4.90 Å². The number of rotatable bonds is 4. The van der Waals surface area contributed by atoms with E-state index in [0.717, 1.165) is 31.6 Å². The van der Waals surface area contributed by atoms with Gasteiger partial charge in [0.1, 0.15) is 0 Å². The molecule has 0 saturated carbocycles. The fourth-order valence-electron chi connectivity index (χ4n) is 2.43. The fourth-order valence-corrected chi connectivity index (χ4v) is 2.43. The first-order valence-corrected chi connectivity index (χ1v) is 6.40. The van der Waals surface area contributed by atoms with Gasteiger partial charge in [-0.1, -0.05) is 26.0 Å². The molecular weight excluding hydrogens is 214 g/mol. The Labute approximate surface area is 103 Å². The Morgan fingerprint density at radius 2 is 2.12 bits per heavy atom. The van der Waals surface area contributed by atoms with Gasteiger partial charge < -0.3 is 14.7 Å². The van der Waals surface area contributed by atoms with Gasteiger partial charge in [0.2, 0.25) is 0 Å². The number of phenolic OH excluding ortho intramolecular Hbond substituents is 1. The maximum Gasteiger partial charge on any atom is 0.164 e. The van der Waals surface area contributed by atoms with Crippen LogP contribution in [0.1, 0.15) is 19.4 Å². The summed E-state index contributed by atoms with van der Waals surface area (Å²) in [7, 11) is 0. The SMILES string of the molecule is CCN(CC)CC1COc2c(O)cccc2C1. The molecule has 0 aliphatic carbocycles. The van der Waals surface area contributed by atoms with Crippen LogP contribution in [0.3, 0.4) is 0 Å². The minimum atomic E-state index is 0.267. The zero-order valence-corrected chi connectivity index (χ0v) is 10.6. The molecule has 1 N–H and O–H groups in total. The highest BCUT2D eigenvalue weighted by atomic mass is 16.5. The van der Waals surface area contributed by atoms with Gasteiger partial charge in [0.15, 0.2) is 11.5 Å². The molecule has 1 aliphatic rings. The molecule has 0 aromatic heterocycles. The van der Waals surface area contributed by atoms with Gasteiger partial charge in [0, 0.05) is 12.5 Å². The second kappa shape index (κ2) is 5.41. The highest BCUT2D eigenvalue weighted by molar-refractivity contribution is 5.46. The van der Waals surface area contributed by atoms with E-state index >= 15 is 0 Å². The standard InChI is InChI=1S/C14H21NO2/c1-3-15(4-2)9-11-8-12-6-5-7-13(16)14(12)17-10-11/h5-7,11,16H,3-4,8-10H2,1-2H3. The quantitative estimate of drug-likeness (QED) is 0.869. The molecule has 2 rings (SSSR count). The zero-order chi connectivity index (χ0) is 12.3. The summed E-state index contributed by atoms with van der Waals surface area (Å²) in [6.45, 7) is 8.32. The summed E-state index contributed by atoms with van der Waals surface area (Å²) >= 11 is 0. The zero-order valence-electron chi connectivity index (χ0n) is 10.6. The van der Waals surface area contributed by atoms with E-state index in [4.69, 9.17) is 4.74 Å². The number of benzene rings is 1. The summed E-state index contributed by atoms with van der Waals surface area (Å²) in [5, 5.41) is 9.68. The summed E-state index contributed by atoms with van der Waals surface area (Å²) < 4.78 is 5.68. The molecule has 1 atom stereocenters. The average Bonchev–Trinajstić information content (AvgIpc) is 2.36. The summed E-state index contributed by atoms with van der Waals surface area (Å²) in [6, 6.07) is 5.62. The molecule has 1 unspecified atom stereocenters. The van der Waals surface area contributed by atoms with Gasteiger partial charge in [-0.05, 0) is 31.1 Å². The van der Waals surface area contributed by atoms with E-state index in [0.29, 0.717) is 18.3 Å². The van der Waals surface area contributed by atoms with Crippen LogP contribution in [-0.2, 0) is 6.42 Å². The van der Waals surface area contributed by atoms with Gasteiger partial charge in [-0.2, -0.15) is 0 Å². The summed E-state index contributed by atoms with van der Waals surface area (Å²) in [6.07, 6.45) is 1.00. The molecule has 0 amide bonds. The van der Waals surface area contributed by atoms with Crippen molar-refractivity contribution in [2.75, 3.05) is 26.2 Å². The molecule has 3 heteroatoms. The molecule has 0 radical (unpaired) electrons. The number of para-hydroxylation sites is 1. The third-order valence-electron chi connectivity index (χ3n) is 3.46. The molecule has 0 spiro atoms. The lowest BCUT2D eigenvalue weighted by Gasteiger charge is -2.29. The van der Waals surface area contributed by atoms with Gasteiger partial charge >= 0.3 is 0 Å². The van der Waals surface area contributed by atoms with Gasteiger partial charge in [-0.25, -0.2) is 0 Å². The van der Waals surface area contributed by atoms with E-state index in [2.05, 4.69) is 18.7 Å². The molecule has 0 bridgehead atoms. The Morgan fingerprint density at radius 3 is 2.82 bits per heavy atom. The van der Waals surface area contributed by atoms with E-state index in [1.165, 1.54) is 0 Å². The van der Waals surface area contributed by atoms with E-state index in [-0.39, 0.29) is 5.75 Å². The molecule has 0 saturated heterocycles. The Morgan fingerprint density at radius 1 is 1.35 bits per heavy atom. The number of aromatic hydroxyl groups is 1. The molecule has 1 aromatic rings. The minimum absolute atomic E-state index is 0.267. The molecule has 17 heavy (non-hydrogen) atoms. The van der Waals surface area contributed by atoms with Crippen molar-refractivity contribution in [3.8, 4) is 11.5 Å². The summed E-state index contributed by atoms with van der Waals surface area (Å²) in [5.74, 6) is 1.48. The van der Waals surface area contributed by atoms with E-state index in [9.17, 15) is 5.11 Å². The summed E-state index contributed by atoms with van der Waals surface area (Å²) in [5.41, 5.74) is 1.13. The van der Waals surface area contributed by atoms with Crippen molar-refractivity contribution in [3.63, 3.8) is 0 Å². The van der Waals surface area contributed by atoms with Crippen molar-refractivity contribution >= 4 is 0 Å². The highest BCUT2D eigenvalue weighted by Gasteiger charge is 2.23. The number of phenols is 1. The van der Waals surface area contributed by atoms with Crippen molar-refractivity contribution < 1.29 is 9.84 Å². The number of fused-ring (bicyclic) bond motifs is 1. The lowest BCUT2D eigenvalue weighted by atomic mass is 9.96. The van der Waals surface area contributed by atoms with Crippen LogP contribution in [-0.4, -0.2) is 36.2 Å². The lowest BCUT2D eigenvalue weighted by molar-refractivity contribution is 0.163. The molecule has 3 nitrogen and oxygen atoms in total. The topological polar surface area (TPSA) is 32.7 Å². The lowest BCUT2D eigenvalue weighted by Crippen LogP contribution is -2.34. The normalized spacial score (nSPS) is 18.9. The minimum Gasteiger partial charge on any atom is -0.504 e. The third kappa shape index (κ3) is 2.72. The highest BCUT2D eigenvalue weighted by Crippen LogP contribution is 2.35. The van der Waals surface area contributed by atoms with E-state index in [1.807, 2.05) is 12.1 Å². The maximum absolute atomic E-state index is 9.68. The Balaban J connectivity index is 2.03. The number of hydrogen-bond donors (Lipinski definition) is 1. The van der Waals surface area contributed by atoms with Gasteiger partial charge in [-0.3, -0.25) is 0 Å². The first-order chi connectivity index (χ1) is 8.24. The first kappa shape index (κ1) is 12.2. The van der Waals surface area contributed by atoms with Crippen molar-refractivity contribution in [1.29, 1.82) is 0 Å². The van der Waals surface area contributed by atoms with Crippen LogP contribution in [0, 0.1) is 5.92 Å². The smallest absolute Gasteiger partial charge is 0.164 e. The van der Waals surface area contributed by atoms with Crippen LogP contribution in [0.4, 0.5) is 0 Å². The number of ether oxygens (including phenoxy) is 1. The van der Waals surface area contributed by atoms with E-state index < -0.39 is 0 Å². The Kier molecular flexibility index (Phi) is 3.89. The van der Waals surface area contributed by atoms with Crippen LogP contribution in [0.5, 0.6) is 11.5 Å². The van der Waals surface area contributed by atoms with Crippen molar-refractivity contribution in [2.24, 2.45) is 5.92 Å². The second-order valence-electron chi connectivity index (χ2n) is 4.63. The summed E-state index contributed by atoms with van der Waals surface area (Å²) in [4.78, 5) is 2.42. The largest absolute Gasteiger partial charge is 0.504 e. The first-order valence-electron chi connectivity index (χ1n) is 6.40. The van der Waals surface area contributed by atoms with Crippen LogP contribution in [0.2, 0.25) is 0 Å². The Hall–Kier alpha value is -1.22. The number of nitrogens with zero attached hydrogens (tertiary/aromatic N) is 1. The number of hydrogen-bond acceptors (Lipinski definition) is 3. The van der Waals surface area contributed by atoms with Crippen molar-refractivity contribution in [3.05, 3.63) is 23.8 Å². The van der Waals surface area contributed by atoms with Crippen LogP contribution >= 0.6 is 0 Å². The maximum atomic E-state index is 9.68. The average molecular weight is 235 g/mol. The monoisotopic (exact) mass is 235 g/mol. The van der Waals surface area contributed by atoms with Gasteiger partial charge in [-0.15, -0.1) is 0 Å². The molecule has 1 heterocycles. The van der Waals surface area contributed by atoms with Crippen LogP contribution in [0.25, 0.3) is 0 Å². The molecular formula is C14H21NO2. The molecule has 1 aliphatic heterocycles. The Bertz CT molecular complexity index is 374. The predicted molar refractivity (Wildman–Crippen MR) is 68.6 cm³/mol. The third-order valence-corrected chi connectivity index (χ3v) is 3.46.